The molecule has 1 N–H and O–H groups in total. The molecule has 6 heteroatoms. The predicted octanol–water partition coefficient (Wildman–Crippen LogP) is 1.33. The minimum atomic E-state index is -0.236. The smallest absolute Gasteiger partial charge is 0.266 e. The number of ether oxygens (including phenoxy) is 1. The summed E-state index contributed by atoms with van der Waals surface area (Å²) < 4.78 is 6.29. The second-order valence-corrected chi connectivity index (χ2v) is 6.00. The summed E-state index contributed by atoms with van der Waals surface area (Å²) >= 11 is 1.23. The topological polar surface area (TPSA) is 72.0 Å². The number of carbonyl (C=O) groups is 1. The molecule has 2 heterocycles. The van der Waals surface area contributed by atoms with Crippen molar-refractivity contribution in [3.8, 4) is 5.75 Å². The average molecular weight is 338 g/mol. The molecule has 0 spiro atoms. The summed E-state index contributed by atoms with van der Waals surface area (Å²) in [4.78, 5) is 30.8. The molecule has 120 valence electrons. The van der Waals surface area contributed by atoms with E-state index in [-0.39, 0.29) is 11.3 Å². The second kappa shape index (κ2) is 7.06. The van der Waals surface area contributed by atoms with Crippen molar-refractivity contribution in [2.24, 2.45) is 0 Å². The van der Waals surface area contributed by atoms with Crippen LogP contribution < -0.4 is 19.5 Å². The molecular formula is C18H14N2O3S. The number of hydrogen-bond acceptors (Lipinski definition) is 5. The number of aromatic amines is 1. The lowest BCUT2D eigenvalue weighted by molar-refractivity contribution is 0.106. The van der Waals surface area contributed by atoms with Crippen LogP contribution in [0.5, 0.6) is 5.75 Å². The van der Waals surface area contributed by atoms with Gasteiger partial charge in [-0.05, 0) is 24.3 Å². The standard InChI is InChI=1S/C18H14N2O3S/c1-23-15-5-3-2-4-13(15)10-16-18(22)20-17(24-16)11-14(21)12-6-8-19-9-7-12/h2-11H,1H3,(H,20,22). The van der Waals surface area contributed by atoms with Crippen molar-refractivity contribution in [2.45, 2.75) is 0 Å². The zero-order chi connectivity index (χ0) is 16.9. The number of pyridine rings is 1. The predicted molar refractivity (Wildman–Crippen MR) is 93.8 cm³/mol. The third-order valence-electron chi connectivity index (χ3n) is 3.33. The van der Waals surface area contributed by atoms with Gasteiger partial charge in [0.25, 0.3) is 5.56 Å². The summed E-state index contributed by atoms with van der Waals surface area (Å²) in [5.41, 5.74) is 1.09. The van der Waals surface area contributed by atoms with E-state index in [9.17, 15) is 9.59 Å². The van der Waals surface area contributed by atoms with Crippen LogP contribution in [0.25, 0.3) is 12.2 Å². The molecule has 3 rings (SSSR count). The van der Waals surface area contributed by atoms with Gasteiger partial charge in [0.1, 0.15) is 5.75 Å². The first-order valence-corrected chi connectivity index (χ1v) is 7.99. The van der Waals surface area contributed by atoms with Crippen molar-refractivity contribution in [1.29, 1.82) is 0 Å². The quantitative estimate of drug-likeness (QED) is 0.729. The highest BCUT2D eigenvalue weighted by Crippen LogP contribution is 2.17. The Morgan fingerprint density at radius 2 is 1.96 bits per heavy atom. The Hall–Kier alpha value is -2.99. The van der Waals surface area contributed by atoms with Crippen molar-refractivity contribution in [3.05, 3.63) is 79.5 Å². The summed E-state index contributed by atoms with van der Waals surface area (Å²) in [6.45, 7) is 0. The van der Waals surface area contributed by atoms with E-state index in [1.807, 2.05) is 24.3 Å². The van der Waals surface area contributed by atoms with Crippen molar-refractivity contribution >= 4 is 29.3 Å². The van der Waals surface area contributed by atoms with Gasteiger partial charge in [0.05, 0.1) is 16.3 Å². The molecule has 0 aliphatic rings. The minimum absolute atomic E-state index is 0.182. The molecule has 1 aromatic carbocycles. The van der Waals surface area contributed by atoms with E-state index >= 15 is 0 Å². The zero-order valence-electron chi connectivity index (χ0n) is 12.9. The molecule has 5 nitrogen and oxygen atoms in total. The van der Waals surface area contributed by atoms with E-state index in [4.69, 9.17) is 4.74 Å². The molecule has 0 fully saturated rings. The lowest BCUT2D eigenvalue weighted by atomic mass is 10.2. The molecule has 0 aliphatic carbocycles. The molecule has 0 amide bonds. The number of rotatable bonds is 4. The lowest BCUT2D eigenvalue weighted by Crippen LogP contribution is -2.20. The first-order valence-electron chi connectivity index (χ1n) is 7.17. The number of aromatic nitrogens is 2. The molecule has 0 aliphatic heterocycles. The molecule has 3 aromatic rings. The van der Waals surface area contributed by atoms with Gasteiger partial charge in [-0.15, -0.1) is 11.3 Å². The number of para-hydroxylation sites is 1. The summed E-state index contributed by atoms with van der Waals surface area (Å²) in [5, 5.41) is 0. The lowest BCUT2D eigenvalue weighted by Gasteiger charge is -2.02. The number of methoxy groups -OCH3 is 1. The largest absolute Gasteiger partial charge is 0.496 e. The minimum Gasteiger partial charge on any atom is -0.496 e. The molecular weight excluding hydrogens is 324 g/mol. The number of Topliss-reactive ketones (excluding diaryl/α,β-unsaturated/α-hetero) is 1. The Kier molecular flexibility index (Phi) is 4.67. The van der Waals surface area contributed by atoms with Crippen LogP contribution in [0, 0.1) is 0 Å². The number of thiazole rings is 1. The van der Waals surface area contributed by atoms with Crippen LogP contribution in [-0.2, 0) is 0 Å². The molecule has 0 saturated heterocycles. The highest BCUT2D eigenvalue weighted by Gasteiger charge is 2.03. The number of hydrogen-bond donors (Lipinski definition) is 1. The van der Waals surface area contributed by atoms with Crippen LogP contribution in [0.15, 0.2) is 53.6 Å². The van der Waals surface area contributed by atoms with Gasteiger partial charge in [-0.1, -0.05) is 18.2 Å². The summed E-state index contributed by atoms with van der Waals surface area (Å²) in [7, 11) is 1.58. The second-order valence-electron chi connectivity index (χ2n) is 4.92. The van der Waals surface area contributed by atoms with E-state index in [2.05, 4.69) is 9.97 Å². The Morgan fingerprint density at radius 3 is 2.71 bits per heavy atom. The third-order valence-corrected chi connectivity index (χ3v) is 4.30. The number of nitrogens with one attached hydrogen (secondary N) is 1. The van der Waals surface area contributed by atoms with E-state index in [1.54, 1.807) is 37.7 Å². The van der Waals surface area contributed by atoms with Crippen LogP contribution in [0.4, 0.5) is 0 Å². The molecule has 0 saturated carbocycles. The molecule has 2 aromatic heterocycles. The van der Waals surface area contributed by atoms with E-state index in [1.165, 1.54) is 17.4 Å². The summed E-state index contributed by atoms with van der Waals surface area (Å²) in [6.07, 6.45) is 6.27. The Balaban J connectivity index is 2.02. The van der Waals surface area contributed by atoms with Crippen molar-refractivity contribution < 1.29 is 9.53 Å². The highest BCUT2D eigenvalue weighted by atomic mass is 32.1. The van der Waals surface area contributed by atoms with Crippen LogP contribution >= 0.6 is 11.3 Å². The number of carbonyl (C=O) groups excluding carboxylic acids is 1. The molecule has 24 heavy (non-hydrogen) atoms. The van der Waals surface area contributed by atoms with Gasteiger partial charge in [-0.3, -0.25) is 14.6 Å². The Bertz CT molecular complexity index is 1040. The van der Waals surface area contributed by atoms with Crippen LogP contribution in [0.1, 0.15) is 15.9 Å². The van der Waals surface area contributed by atoms with Crippen molar-refractivity contribution in [2.75, 3.05) is 7.11 Å². The fourth-order valence-electron chi connectivity index (χ4n) is 2.17. The Morgan fingerprint density at radius 1 is 1.21 bits per heavy atom. The number of ketones is 1. The van der Waals surface area contributed by atoms with Crippen LogP contribution in [0.2, 0.25) is 0 Å². The normalized spacial score (nSPS) is 12.4. The molecule has 0 bridgehead atoms. The van der Waals surface area contributed by atoms with Gasteiger partial charge in [-0.25, -0.2) is 0 Å². The van der Waals surface area contributed by atoms with Gasteiger partial charge in [0.2, 0.25) is 0 Å². The van der Waals surface area contributed by atoms with E-state index < -0.39 is 0 Å². The van der Waals surface area contributed by atoms with Crippen molar-refractivity contribution in [1.82, 2.24) is 9.97 Å². The first-order chi connectivity index (χ1) is 11.7. The number of nitrogens with zero attached hydrogens (tertiary/aromatic N) is 1. The van der Waals surface area contributed by atoms with E-state index in [0.717, 1.165) is 5.56 Å². The maximum absolute atomic E-state index is 12.2. The third kappa shape index (κ3) is 3.49. The average Bonchev–Trinajstić information content (AvgIpc) is 2.95. The van der Waals surface area contributed by atoms with Gasteiger partial charge < -0.3 is 9.72 Å². The maximum atomic E-state index is 12.2. The highest BCUT2D eigenvalue weighted by molar-refractivity contribution is 7.07. The van der Waals surface area contributed by atoms with E-state index in [0.29, 0.717) is 20.5 Å². The summed E-state index contributed by atoms with van der Waals surface area (Å²) in [6, 6.07) is 10.7. The summed E-state index contributed by atoms with van der Waals surface area (Å²) in [5.74, 6) is 0.502. The SMILES string of the molecule is COc1ccccc1C=c1sc(=CC(=O)c2ccncc2)[nH]c1=O. The fourth-order valence-corrected chi connectivity index (χ4v) is 3.05. The van der Waals surface area contributed by atoms with Crippen LogP contribution in [-0.4, -0.2) is 22.9 Å². The fraction of sp³-hybridized carbons (Fsp3) is 0.0556. The number of H-pyrrole nitrogens is 1. The van der Waals surface area contributed by atoms with Gasteiger partial charge >= 0.3 is 0 Å². The van der Waals surface area contributed by atoms with Crippen LogP contribution in [0.3, 0.4) is 0 Å². The number of benzene rings is 1. The zero-order valence-corrected chi connectivity index (χ0v) is 13.7. The monoisotopic (exact) mass is 338 g/mol. The van der Waals surface area contributed by atoms with Gasteiger partial charge in [0, 0.05) is 29.6 Å². The Labute approximate surface area is 141 Å². The van der Waals surface area contributed by atoms with Gasteiger partial charge in [0.15, 0.2) is 5.78 Å². The molecule has 0 radical (unpaired) electrons. The first kappa shape index (κ1) is 15.9. The molecule has 0 atom stereocenters. The van der Waals surface area contributed by atoms with Crippen molar-refractivity contribution in [3.63, 3.8) is 0 Å². The molecule has 0 unspecified atom stereocenters. The maximum Gasteiger partial charge on any atom is 0.266 e. The van der Waals surface area contributed by atoms with Gasteiger partial charge in [-0.2, -0.15) is 0 Å².